The van der Waals surface area contributed by atoms with E-state index in [1.165, 1.54) is 18.7 Å². The highest BCUT2D eigenvalue weighted by Gasteiger charge is 2.32. The predicted molar refractivity (Wildman–Crippen MR) is 106 cm³/mol. The molecule has 8 heteroatoms. The summed E-state index contributed by atoms with van der Waals surface area (Å²) in [5.41, 5.74) is 1.60. The van der Waals surface area contributed by atoms with E-state index in [1.807, 2.05) is 49.6 Å². The zero-order valence-electron chi connectivity index (χ0n) is 16.0. The maximum Gasteiger partial charge on any atom is 0.233 e. The third-order valence-electron chi connectivity index (χ3n) is 4.11. The maximum absolute atomic E-state index is 12.3. The van der Waals surface area contributed by atoms with Crippen LogP contribution in [0.25, 0.3) is 5.69 Å². The van der Waals surface area contributed by atoms with Crippen molar-refractivity contribution in [3.63, 3.8) is 0 Å². The van der Waals surface area contributed by atoms with Gasteiger partial charge in [-0.3, -0.25) is 14.2 Å². The monoisotopic (exact) mass is 387 g/mol. The molecule has 0 saturated heterocycles. The van der Waals surface area contributed by atoms with Crippen LogP contribution in [0.3, 0.4) is 0 Å². The quantitative estimate of drug-likeness (QED) is 0.713. The van der Waals surface area contributed by atoms with Gasteiger partial charge in [-0.05, 0) is 51.8 Å². The maximum atomic E-state index is 12.3. The van der Waals surface area contributed by atoms with Crippen LogP contribution in [-0.4, -0.2) is 37.9 Å². The molecule has 1 aromatic heterocycles. The second kappa shape index (κ2) is 8.12. The molecule has 1 heterocycles. The SMILES string of the molecule is CC(=O)Nc1cccc(-n2c(SC(C)C(=O)NC(C)C)nnc2C2CC2)c1. The molecule has 1 aromatic carbocycles. The highest BCUT2D eigenvalue weighted by molar-refractivity contribution is 8.00. The number of anilines is 1. The molecule has 1 fully saturated rings. The van der Waals surface area contributed by atoms with Crippen molar-refractivity contribution in [2.75, 3.05) is 5.32 Å². The Bertz CT molecular complexity index is 844. The van der Waals surface area contributed by atoms with Crippen molar-refractivity contribution < 1.29 is 9.59 Å². The number of nitrogens with zero attached hydrogens (tertiary/aromatic N) is 3. The molecule has 144 valence electrons. The molecule has 1 aliphatic rings. The Morgan fingerprint density at radius 3 is 2.59 bits per heavy atom. The van der Waals surface area contributed by atoms with Crippen molar-refractivity contribution in [1.82, 2.24) is 20.1 Å². The van der Waals surface area contributed by atoms with Crippen LogP contribution in [0.2, 0.25) is 0 Å². The van der Waals surface area contributed by atoms with E-state index in [-0.39, 0.29) is 23.1 Å². The van der Waals surface area contributed by atoms with Crippen molar-refractivity contribution in [2.45, 2.75) is 62.9 Å². The molecular formula is C19H25N5O2S. The minimum Gasteiger partial charge on any atom is -0.353 e. The van der Waals surface area contributed by atoms with E-state index in [0.29, 0.717) is 11.1 Å². The molecule has 1 saturated carbocycles. The zero-order valence-corrected chi connectivity index (χ0v) is 16.8. The number of rotatable bonds is 7. The third-order valence-corrected chi connectivity index (χ3v) is 5.15. The van der Waals surface area contributed by atoms with Gasteiger partial charge in [-0.2, -0.15) is 0 Å². The first kappa shape index (κ1) is 19.4. The molecule has 27 heavy (non-hydrogen) atoms. The van der Waals surface area contributed by atoms with Crippen molar-refractivity contribution in [3.05, 3.63) is 30.1 Å². The summed E-state index contributed by atoms with van der Waals surface area (Å²) in [6.45, 7) is 7.23. The van der Waals surface area contributed by atoms with Gasteiger partial charge < -0.3 is 10.6 Å². The Balaban J connectivity index is 1.91. The van der Waals surface area contributed by atoms with Crippen LogP contribution in [-0.2, 0) is 9.59 Å². The standard InChI is InChI=1S/C19H25N5O2S/c1-11(2)20-18(26)12(3)27-19-23-22-17(14-8-9-14)24(19)16-7-5-6-15(10-16)21-13(4)25/h5-7,10-12,14H,8-9H2,1-4H3,(H,20,26)(H,21,25). The summed E-state index contributed by atoms with van der Waals surface area (Å²) in [7, 11) is 0. The summed E-state index contributed by atoms with van der Waals surface area (Å²) in [6.07, 6.45) is 2.19. The van der Waals surface area contributed by atoms with Crippen molar-refractivity contribution in [3.8, 4) is 5.69 Å². The number of aromatic nitrogens is 3. The third kappa shape index (κ3) is 4.88. The highest BCUT2D eigenvalue weighted by atomic mass is 32.2. The minimum atomic E-state index is -0.291. The lowest BCUT2D eigenvalue weighted by molar-refractivity contribution is -0.120. The van der Waals surface area contributed by atoms with Crippen LogP contribution < -0.4 is 10.6 Å². The van der Waals surface area contributed by atoms with Crippen LogP contribution in [0.15, 0.2) is 29.4 Å². The number of carbonyl (C=O) groups excluding carboxylic acids is 2. The van der Waals surface area contributed by atoms with Gasteiger partial charge in [0, 0.05) is 24.6 Å². The lowest BCUT2D eigenvalue weighted by Crippen LogP contribution is -2.36. The summed E-state index contributed by atoms with van der Waals surface area (Å²) < 4.78 is 2.01. The first-order valence-electron chi connectivity index (χ1n) is 9.15. The van der Waals surface area contributed by atoms with E-state index in [9.17, 15) is 9.59 Å². The van der Waals surface area contributed by atoms with E-state index in [2.05, 4.69) is 20.8 Å². The fourth-order valence-corrected chi connectivity index (χ4v) is 3.63. The van der Waals surface area contributed by atoms with E-state index in [0.717, 1.165) is 30.0 Å². The summed E-state index contributed by atoms with van der Waals surface area (Å²) >= 11 is 1.39. The van der Waals surface area contributed by atoms with E-state index < -0.39 is 0 Å². The van der Waals surface area contributed by atoms with Gasteiger partial charge in [-0.1, -0.05) is 17.8 Å². The van der Waals surface area contributed by atoms with Crippen LogP contribution in [0, 0.1) is 0 Å². The van der Waals surface area contributed by atoms with Crippen molar-refractivity contribution in [2.24, 2.45) is 0 Å². The van der Waals surface area contributed by atoms with E-state index in [1.54, 1.807) is 0 Å². The number of hydrogen-bond acceptors (Lipinski definition) is 5. The normalized spacial score (nSPS) is 14.9. The zero-order chi connectivity index (χ0) is 19.6. The largest absolute Gasteiger partial charge is 0.353 e. The van der Waals surface area contributed by atoms with Crippen molar-refractivity contribution in [1.29, 1.82) is 0 Å². The molecule has 1 unspecified atom stereocenters. The number of hydrogen-bond donors (Lipinski definition) is 2. The molecule has 2 N–H and O–H groups in total. The second-order valence-corrected chi connectivity index (χ2v) is 8.41. The Morgan fingerprint density at radius 2 is 1.96 bits per heavy atom. The molecular weight excluding hydrogens is 362 g/mol. The van der Waals surface area contributed by atoms with Gasteiger partial charge in [0.15, 0.2) is 5.16 Å². The van der Waals surface area contributed by atoms with Gasteiger partial charge in [0.05, 0.1) is 10.9 Å². The van der Waals surface area contributed by atoms with Gasteiger partial charge in [-0.25, -0.2) is 0 Å². The van der Waals surface area contributed by atoms with Gasteiger partial charge in [0.2, 0.25) is 11.8 Å². The van der Waals surface area contributed by atoms with Gasteiger partial charge >= 0.3 is 0 Å². The number of amides is 2. The van der Waals surface area contributed by atoms with E-state index >= 15 is 0 Å². The molecule has 2 amide bonds. The van der Waals surface area contributed by atoms with Gasteiger partial charge in [-0.15, -0.1) is 10.2 Å². The topological polar surface area (TPSA) is 88.9 Å². The molecule has 2 aromatic rings. The molecule has 1 atom stereocenters. The molecule has 7 nitrogen and oxygen atoms in total. The Labute approximate surface area is 163 Å². The van der Waals surface area contributed by atoms with Crippen LogP contribution in [0.5, 0.6) is 0 Å². The lowest BCUT2D eigenvalue weighted by atomic mass is 10.2. The Kier molecular flexibility index (Phi) is 5.84. The van der Waals surface area contributed by atoms with Gasteiger partial charge in [0.1, 0.15) is 5.82 Å². The first-order chi connectivity index (χ1) is 12.8. The average Bonchev–Trinajstić information content (AvgIpc) is 3.34. The Morgan fingerprint density at radius 1 is 1.22 bits per heavy atom. The summed E-state index contributed by atoms with van der Waals surface area (Å²) in [5, 5.41) is 14.9. The summed E-state index contributed by atoms with van der Waals surface area (Å²) in [5.74, 6) is 1.17. The van der Waals surface area contributed by atoms with Crippen LogP contribution in [0.1, 0.15) is 52.3 Å². The molecule has 0 bridgehead atoms. The molecule has 0 aliphatic heterocycles. The fourth-order valence-electron chi connectivity index (χ4n) is 2.75. The molecule has 0 spiro atoms. The van der Waals surface area contributed by atoms with Crippen LogP contribution >= 0.6 is 11.8 Å². The summed E-state index contributed by atoms with van der Waals surface area (Å²) in [6, 6.07) is 7.69. The molecule has 3 rings (SSSR count). The first-order valence-corrected chi connectivity index (χ1v) is 10.0. The smallest absolute Gasteiger partial charge is 0.233 e. The number of benzene rings is 1. The lowest BCUT2D eigenvalue weighted by Gasteiger charge is -2.15. The fraction of sp³-hybridized carbons (Fsp3) is 0.474. The number of carbonyl (C=O) groups is 2. The molecule has 1 aliphatic carbocycles. The second-order valence-electron chi connectivity index (χ2n) is 7.11. The predicted octanol–water partition coefficient (Wildman–Crippen LogP) is 3.11. The Hall–Kier alpha value is -2.35. The summed E-state index contributed by atoms with van der Waals surface area (Å²) in [4.78, 5) is 23.7. The number of nitrogens with one attached hydrogen (secondary N) is 2. The van der Waals surface area contributed by atoms with Gasteiger partial charge in [0.25, 0.3) is 0 Å². The van der Waals surface area contributed by atoms with Crippen molar-refractivity contribution >= 4 is 29.3 Å². The highest BCUT2D eigenvalue weighted by Crippen LogP contribution is 2.41. The number of thioether (sulfide) groups is 1. The minimum absolute atomic E-state index is 0.0236. The average molecular weight is 388 g/mol. The molecule has 0 radical (unpaired) electrons. The van der Waals surface area contributed by atoms with Crippen LogP contribution in [0.4, 0.5) is 5.69 Å². The van der Waals surface area contributed by atoms with E-state index in [4.69, 9.17) is 0 Å².